The molecule has 1 aromatic rings. The minimum absolute atomic E-state index is 0.0261. The molecule has 15 heavy (non-hydrogen) atoms. The fourth-order valence-electron chi connectivity index (χ4n) is 0.746. The molecule has 0 atom stereocenters. The third-order valence-corrected chi connectivity index (χ3v) is 1.38. The summed E-state index contributed by atoms with van der Waals surface area (Å²) >= 11 is 0. The summed E-state index contributed by atoms with van der Waals surface area (Å²) in [5, 5.41) is 9.12. The summed E-state index contributed by atoms with van der Waals surface area (Å²) < 4.78 is 8.89. The first-order chi connectivity index (χ1) is 7.15. The SMILES string of the molecule is COCC(=O)N[NH+]=C(N)c1nonc1N. The number of hydrogen-bond acceptors (Lipinski definition) is 6. The van der Waals surface area contributed by atoms with Crippen molar-refractivity contribution in [3.05, 3.63) is 5.69 Å². The number of hydrogen-bond donors (Lipinski definition) is 4. The molecule has 0 radical (unpaired) electrons. The molecular formula is C6H11N6O3+. The molecule has 0 unspecified atom stereocenters. The third-order valence-electron chi connectivity index (χ3n) is 1.38. The highest BCUT2D eigenvalue weighted by molar-refractivity contribution is 5.94. The van der Waals surface area contributed by atoms with E-state index in [0.29, 0.717) is 0 Å². The monoisotopic (exact) mass is 215 g/mol. The second-order valence-corrected chi connectivity index (χ2v) is 2.52. The predicted octanol–water partition coefficient (Wildman–Crippen LogP) is -3.88. The van der Waals surface area contributed by atoms with E-state index in [4.69, 9.17) is 11.5 Å². The fraction of sp³-hybridized carbons (Fsp3) is 0.333. The minimum atomic E-state index is -0.393. The van der Waals surface area contributed by atoms with Gasteiger partial charge in [0.15, 0.2) is 0 Å². The Morgan fingerprint density at radius 1 is 1.67 bits per heavy atom. The Hall–Kier alpha value is -2.16. The molecule has 0 aliphatic carbocycles. The average molecular weight is 215 g/mol. The van der Waals surface area contributed by atoms with Crippen LogP contribution in [0.1, 0.15) is 5.69 Å². The molecule has 0 aliphatic heterocycles. The van der Waals surface area contributed by atoms with Gasteiger partial charge in [0.25, 0.3) is 5.91 Å². The number of carbonyl (C=O) groups is 1. The molecule has 1 amide bonds. The molecule has 0 saturated heterocycles. The lowest BCUT2D eigenvalue weighted by molar-refractivity contribution is -0.512. The zero-order valence-corrected chi connectivity index (χ0v) is 7.98. The standard InChI is InChI=1S/C6H10N6O3/c1-14-2-3(13)9-10-5(7)4-6(8)12-15-11-4/h2H2,1H3,(H2,7,10)(H2,8,12)(H,9,13)/p+1. The van der Waals surface area contributed by atoms with Crippen LogP contribution in [-0.4, -0.2) is 35.8 Å². The molecule has 9 heteroatoms. The van der Waals surface area contributed by atoms with Gasteiger partial charge in [0.05, 0.1) is 0 Å². The zero-order valence-electron chi connectivity index (χ0n) is 7.98. The van der Waals surface area contributed by atoms with Gasteiger partial charge < -0.3 is 10.5 Å². The van der Waals surface area contributed by atoms with Gasteiger partial charge in [0.2, 0.25) is 11.5 Å². The molecule has 1 rings (SSSR count). The summed E-state index contributed by atoms with van der Waals surface area (Å²) in [7, 11) is 1.40. The summed E-state index contributed by atoms with van der Waals surface area (Å²) in [6, 6.07) is 0. The minimum Gasteiger partial charge on any atom is -0.379 e. The molecule has 0 bridgehead atoms. The lowest BCUT2D eigenvalue weighted by atomic mass is 10.4. The van der Waals surface area contributed by atoms with E-state index in [2.05, 4.69) is 30.2 Å². The fourth-order valence-corrected chi connectivity index (χ4v) is 0.746. The number of carbonyl (C=O) groups excluding carboxylic acids is 1. The van der Waals surface area contributed by atoms with Gasteiger partial charge in [-0.3, -0.25) is 10.5 Å². The number of ether oxygens (including phenoxy) is 1. The van der Waals surface area contributed by atoms with Gasteiger partial charge in [-0.05, 0) is 10.3 Å². The molecule has 0 aliphatic rings. The lowest BCUT2D eigenvalue weighted by Gasteiger charge is -1.95. The van der Waals surface area contributed by atoms with Gasteiger partial charge >= 0.3 is 5.84 Å². The second-order valence-electron chi connectivity index (χ2n) is 2.52. The smallest absolute Gasteiger partial charge is 0.322 e. The Kier molecular flexibility index (Phi) is 3.57. The number of methoxy groups -OCH3 is 1. The molecule has 1 heterocycles. The van der Waals surface area contributed by atoms with Crippen LogP contribution < -0.4 is 22.0 Å². The number of amidine groups is 1. The topological polar surface area (TPSA) is 143 Å². The van der Waals surface area contributed by atoms with Crippen molar-refractivity contribution < 1.29 is 19.3 Å². The zero-order chi connectivity index (χ0) is 11.3. The molecule has 1 aromatic heterocycles. The number of rotatable bonds is 4. The van der Waals surface area contributed by atoms with Gasteiger partial charge in [-0.15, -0.1) is 0 Å². The van der Waals surface area contributed by atoms with Crippen LogP contribution in [0.5, 0.6) is 0 Å². The first kappa shape index (κ1) is 10.9. The van der Waals surface area contributed by atoms with Gasteiger partial charge in [0.1, 0.15) is 6.61 Å². The Morgan fingerprint density at radius 2 is 2.40 bits per heavy atom. The van der Waals surface area contributed by atoms with E-state index in [1.165, 1.54) is 7.11 Å². The van der Waals surface area contributed by atoms with Crippen LogP contribution >= 0.6 is 0 Å². The summed E-state index contributed by atoms with van der Waals surface area (Å²) in [6.45, 7) is -0.0904. The number of hydrazine groups is 1. The van der Waals surface area contributed by atoms with Crippen LogP contribution in [0.15, 0.2) is 4.63 Å². The normalized spacial score (nSPS) is 11.4. The molecule has 0 saturated carbocycles. The number of hydrazone groups is 1. The number of aromatic nitrogens is 2. The average Bonchev–Trinajstić information content (AvgIpc) is 2.61. The van der Waals surface area contributed by atoms with E-state index in [-0.39, 0.29) is 24.0 Å². The Labute approximate surface area is 84.4 Å². The maximum absolute atomic E-state index is 10.9. The molecule has 0 fully saturated rings. The highest BCUT2D eigenvalue weighted by Crippen LogP contribution is 1.99. The van der Waals surface area contributed by atoms with Crippen molar-refractivity contribution in [3.8, 4) is 0 Å². The number of amides is 1. The van der Waals surface area contributed by atoms with Crippen LogP contribution in [0.4, 0.5) is 5.82 Å². The predicted molar refractivity (Wildman–Crippen MR) is 48.0 cm³/mol. The number of nitrogens with two attached hydrogens (primary N) is 2. The van der Waals surface area contributed by atoms with Crippen molar-refractivity contribution >= 4 is 17.6 Å². The van der Waals surface area contributed by atoms with Crippen LogP contribution in [-0.2, 0) is 9.53 Å². The number of nitrogens with zero attached hydrogens (tertiary/aromatic N) is 2. The Bertz CT molecular complexity index is 373. The largest absolute Gasteiger partial charge is 0.379 e. The summed E-state index contributed by atoms with van der Waals surface area (Å²) in [6.07, 6.45) is 0. The summed E-state index contributed by atoms with van der Waals surface area (Å²) in [5.41, 5.74) is 13.2. The highest BCUT2D eigenvalue weighted by atomic mass is 16.6. The van der Waals surface area contributed by atoms with Crippen molar-refractivity contribution in [1.29, 1.82) is 0 Å². The molecule has 0 aromatic carbocycles. The van der Waals surface area contributed by atoms with Gasteiger partial charge in [-0.25, -0.2) is 4.63 Å². The van der Waals surface area contributed by atoms with Crippen molar-refractivity contribution in [1.82, 2.24) is 15.7 Å². The van der Waals surface area contributed by atoms with Gasteiger partial charge in [-0.1, -0.05) is 0 Å². The van der Waals surface area contributed by atoms with E-state index >= 15 is 0 Å². The molecule has 6 N–H and O–H groups in total. The molecule has 0 spiro atoms. The van der Waals surface area contributed by atoms with E-state index in [1.807, 2.05) is 0 Å². The third kappa shape index (κ3) is 2.91. The lowest BCUT2D eigenvalue weighted by Crippen LogP contribution is -2.86. The van der Waals surface area contributed by atoms with Crippen LogP contribution in [0.3, 0.4) is 0 Å². The summed E-state index contributed by atoms with van der Waals surface area (Å²) in [5.74, 6) is -0.338. The second kappa shape index (κ2) is 4.91. The molecule has 9 nitrogen and oxygen atoms in total. The van der Waals surface area contributed by atoms with E-state index < -0.39 is 5.91 Å². The Balaban J connectivity index is 2.61. The number of anilines is 1. The van der Waals surface area contributed by atoms with E-state index in [9.17, 15) is 4.79 Å². The number of nitrogen functional groups attached to an aromatic ring is 2. The first-order valence-electron chi connectivity index (χ1n) is 3.89. The van der Waals surface area contributed by atoms with Crippen molar-refractivity contribution in [2.75, 3.05) is 19.5 Å². The molecular weight excluding hydrogens is 204 g/mol. The van der Waals surface area contributed by atoms with Gasteiger partial charge in [0, 0.05) is 7.11 Å². The van der Waals surface area contributed by atoms with E-state index in [0.717, 1.165) is 0 Å². The maximum Gasteiger partial charge on any atom is 0.322 e. The Morgan fingerprint density at radius 3 is 2.93 bits per heavy atom. The highest BCUT2D eigenvalue weighted by Gasteiger charge is 2.15. The van der Waals surface area contributed by atoms with Crippen LogP contribution in [0.2, 0.25) is 0 Å². The van der Waals surface area contributed by atoms with Gasteiger partial charge in [-0.2, -0.15) is 10.5 Å². The summed E-state index contributed by atoms with van der Waals surface area (Å²) in [4.78, 5) is 10.9. The van der Waals surface area contributed by atoms with Crippen molar-refractivity contribution in [3.63, 3.8) is 0 Å². The maximum atomic E-state index is 10.9. The molecule has 82 valence electrons. The van der Waals surface area contributed by atoms with Crippen LogP contribution in [0, 0.1) is 0 Å². The van der Waals surface area contributed by atoms with Crippen molar-refractivity contribution in [2.24, 2.45) is 5.73 Å². The quantitative estimate of drug-likeness (QED) is 0.228. The first-order valence-corrected chi connectivity index (χ1v) is 3.89. The van der Waals surface area contributed by atoms with Crippen molar-refractivity contribution in [2.45, 2.75) is 0 Å². The number of nitrogens with one attached hydrogen (secondary N) is 2. The van der Waals surface area contributed by atoms with Crippen LogP contribution in [0.25, 0.3) is 0 Å². The van der Waals surface area contributed by atoms with E-state index in [1.54, 1.807) is 0 Å².